The van der Waals surface area contributed by atoms with E-state index in [1.54, 1.807) is 0 Å². The number of fused-ring (bicyclic) bond motifs is 1. The molecule has 0 spiro atoms. The van der Waals surface area contributed by atoms with Crippen LogP contribution in [0.4, 0.5) is 0 Å². The highest BCUT2D eigenvalue weighted by Crippen LogP contribution is 2.30. The van der Waals surface area contributed by atoms with Crippen molar-refractivity contribution in [2.75, 3.05) is 25.2 Å². The van der Waals surface area contributed by atoms with Gasteiger partial charge in [0, 0.05) is 0 Å². The topological polar surface area (TPSA) is 90.0 Å². The van der Waals surface area contributed by atoms with Crippen molar-refractivity contribution < 1.29 is 27.5 Å². The Hall–Kier alpha value is -1.57. The highest BCUT2D eigenvalue weighted by molar-refractivity contribution is 7.92. The molecule has 100 valence electrons. The molecule has 0 aromatic rings. The van der Waals surface area contributed by atoms with Crippen LogP contribution in [0, 0.1) is 0 Å². The lowest BCUT2D eigenvalue weighted by atomic mass is 10.2. The van der Waals surface area contributed by atoms with Crippen molar-refractivity contribution >= 4 is 21.7 Å². The van der Waals surface area contributed by atoms with E-state index in [0.717, 1.165) is 7.11 Å². The number of β-lactam (4-membered cyclic amide) rings is 1. The lowest BCUT2D eigenvalue weighted by Crippen LogP contribution is -2.48. The van der Waals surface area contributed by atoms with Gasteiger partial charge in [-0.2, -0.15) is 0 Å². The Balaban J connectivity index is 1.91. The standard InChI is InChI=1S/C10H13NO6S/c1-16-10(13)6-18(14,15)3-2-7-5-11-8(12)4-9(11)17-7/h2,9H,3-6H2,1H3/b7-2+/t9-/m1/s1. The van der Waals surface area contributed by atoms with Gasteiger partial charge in [-0.1, -0.05) is 0 Å². The molecule has 0 N–H and O–H groups in total. The predicted octanol–water partition coefficient (Wildman–Crippen LogP) is -0.953. The first-order valence-corrected chi connectivity index (χ1v) is 7.16. The second-order valence-electron chi connectivity index (χ2n) is 4.10. The number of carbonyl (C=O) groups is 2. The van der Waals surface area contributed by atoms with Gasteiger partial charge in [-0.3, -0.25) is 14.5 Å². The maximum atomic E-state index is 11.5. The third kappa shape index (κ3) is 2.63. The first-order chi connectivity index (χ1) is 8.41. The van der Waals surface area contributed by atoms with Gasteiger partial charge >= 0.3 is 5.97 Å². The molecule has 2 heterocycles. The van der Waals surface area contributed by atoms with Crippen LogP contribution in [-0.4, -0.2) is 56.6 Å². The fourth-order valence-electron chi connectivity index (χ4n) is 1.73. The quantitative estimate of drug-likeness (QED) is 0.485. The summed E-state index contributed by atoms with van der Waals surface area (Å²) >= 11 is 0. The van der Waals surface area contributed by atoms with E-state index in [4.69, 9.17) is 4.74 Å². The number of ether oxygens (including phenoxy) is 2. The number of rotatable bonds is 4. The molecule has 2 aliphatic rings. The first-order valence-electron chi connectivity index (χ1n) is 5.33. The molecule has 2 rings (SSSR count). The zero-order valence-electron chi connectivity index (χ0n) is 9.79. The second kappa shape index (κ2) is 4.60. The van der Waals surface area contributed by atoms with Crippen LogP contribution in [0.2, 0.25) is 0 Å². The zero-order valence-corrected chi connectivity index (χ0v) is 10.6. The van der Waals surface area contributed by atoms with Gasteiger partial charge in [0.25, 0.3) is 0 Å². The highest BCUT2D eigenvalue weighted by atomic mass is 32.2. The molecule has 0 aliphatic carbocycles. The van der Waals surface area contributed by atoms with E-state index in [-0.39, 0.29) is 17.9 Å². The minimum absolute atomic E-state index is 0.000757. The maximum Gasteiger partial charge on any atom is 0.320 e. The van der Waals surface area contributed by atoms with E-state index in [1.807, 2.05) is 0 Å². The summed E-state index contributed by atoms with van der Waals surface area (Å²) in [7, 11) is -2.41. The van der Waals surface area contributed by atoms with Crippen molar-refractivity contribution in [1.29, 1.82) is 0 Å². The molecule has 0 saturated carbocycles. The molecule has 18 heavy (non-hydrogen) atoms. The smallest absolute Gasteiger partial charge is 0.320 e. The normalized spacial score (nSPS) is 24.5. The molecule has 8 heteroatoms. The van der Waals surface area contributed by atoms with Crippen LogP contribution in [0.25, 0.3) is 0 Å². The Morgan fingerprint density at radius 3 is 2.89 bits per heavy atom. The summed E-state index contributed by atoms with van der Waals surface area (Å²) in [4.78, 5) is 23.5. The summed E-state index contributed by atoms with van der Waals surface area (Å²) in [6.45, 7) is 0.303. The van der Waals surface area contributed by atoms with E-state index < -0.39 is 21.6 Å². The second-order valence-corrected chi connectivity index (χ2v) is 6.21. The zero-order chi connectivity index (χ0) is 13.3. The third-order valence-electron chi connectivity index (χ3n) is 2.76. The van der Waals surface area contributed by atoms with E-state index in [2.05, 4.69) is 4.74 Å². The van der Waals surface area contributed by atoms with Crippen molar-refractivity contribution in [2.45, 2.75) is 12.6 Å². The molecule has 2 aliphatic heterocycles. The molecule has 2 saturated heterocycles. The number of esters is 1. The molecule has 0 unspecified atom stereocenters. The van der Waals surface area contributed by atoms with Gasteiger partial charge in [0.15, 0.2) is 16.1 Å². The highest BCUT2D eigenvalue weighted by Gasteiger charge is 2.43. The van der Waals surface area contributed by atoms with Crippen molar-refractivity contribution in [2.24, 2.45) is 0 Å². The molecule has 0 aromatic carbocycles. The van der Waals surface area contributed by atoms with Crippen LogP contribution in [0.15, 0.2) is 11.8 Å². The first kappa shape index (κ1) is 12.9. The molecule has 7 nitrogen and oxygen atoms in total. The van der Waals surface area contributed by atoms with Crippen LogP contribution in [0.5, 0.6) is 0 Å². The largest absolute Gasteiger partial charge is 0.473 e. The third-order valence-corrected chi connectivity index (χ3v) is 4.11. The minimum atomic E-state index is -3.54. The minimum Gasteiger partial charge on any atom is -0.473 e. The predicted molar refractivity (Wildman–Crippen MR) is 60.0 cm³/mol. The van der Waals surface area contributed by atoms with Gasteiger partial charge < -0.3 is 9.47 Å². The number of methoxy groups -OCH3 is 1. The SMILES string of the molecule is COC(=O)CS(=O)(=O)C/C=C1\CN2C(=O)C[C@H]2O1. The number of carbonyl (C=O) groups excluding carboxylic acids is 2. The molecular formula is C10H13NO6S. The average Bonchev–Trinajstić information content (AvgIpc) is 2.63. The number of hydrogen-bond donors (Lipinski definition) is 0. The molecule has 0 radical (unpaired) electrons. The average molecular weight is 275 g/mol. The van der Waals surface area contributed by atoms with E-state index in [1.165, 1.54) is 11.0 Å². The van der Waals surface area contributed by atoms with Crippen LogP contribution >= 0.6 is 0 Å². The van der Waals surface area contributed by atoms with Crippen LogP contribution < -0.4 is 0 Å². The van der Waals surface area contributed by atoms with E-state index in [9.17, 15) is 18.0 Å². The molecule has 0 bridgehead atoms. The summed E-state index contributed by atoms with van der Waals surface area (Å²) in [5, 5.41) is 0. The van der Waals surface area contributed by atoms with Gasteiger partial charge in [-0.25, -0.2) is 8.42 Å². The van der Waals surface area contributed by atoms with Gasteiger partial charge in [-0.05, 0) is 6.08 Å². The summed E-state index contributed by atoms with van der Waals surface area (Å²) in [5.41, 5.74) is 0. The summed E-state index contributed by atoms with van der Waals surface area (Å²) in [6.07, 6.45) is 1.49. The fourth-order valence-corrected chi connectivity index (χ4v) is 2.76. The lowest BCUT2D eigenvalue weighted by Gasteiger charge is -2.30. The lowest BCUT2D eigenvalue weighted by molar-refractivity contribution is -0.154. The van der Waals surface area contributed by atoms with Crippen LogP contribution in [0.1, 0.15) is 6.42 Å². The number of nitrogens with zero attached hydrogens (tertiary/aromatic N) is 1. The maximum absolute atomic E-state index is 11.5. The van der Waals surface area contributed by atoms with Crippen molar-refractivity contribution in [3.63, 3.8) is 0 Å². The van der Waals surface area contributed by atoms with Crippen LogP contribution in [0.3, 0.4) is 0 Å². The van der Waals surface area contributed by atoms with Crippen molar-refractivity contribution in [1.82, 2.24) is 4.90 Å². The van der Waals surface area contributed by atoms with Crippen molar-refractivity contribution in [3.8, 4) is 0 Å². The summed E-state index contributed by atoms with van der Waals surface area (Å²) in [6, 6.07) is 0. The fraction of sp³-hybridized carbons (Fsp3) is 0.600. The summed E-state index contributed by atoms with van der Waals surface area (Å²) in [5.74, 6) is -1.29. The van der Waals surface area contributed by atoms with Gasteiger partial charge in [0.1, 0.15) is 11.5 Å². The molecular weight excluding hydrogens is 262 g/mol. The van der Waals surface area contributed by atoms with Crippen molar-refractivity contribution in [3.05, 3.63) is 11.8 Å². The number of hydrogen-bond acceptors (Lipinski definition) is 6. The van der Waals surface area contributed by atoms with Gasteiger partial charge in [0.05, 0.1) is 25.8 Å². The Bertz CT molecular complexity index is 508. The van der Waals surface area contributed by atoms with Gasteiger partial charge in [0.2, 0.25) is 5.91 Å². The van der Waals surface area contributed by atoms with Crippen LogP contribution in [-0.2, 0) is 28.9 Å². The Kier molecular flexibility index (Phi) is 3.29. The Labute approximate surface area is 104 Å². The Morgan fingerprint density at radius 2 is 2.33 bits per heavy atom. The molecule has 2 fully saturated rings. The molecule has 1 amide bonds. The molecule has 0 aromatic heterocycles. The number of sulfone groups is 1. The molecule has 1 atom stereocenters. The Morgan fingerprint density at radius 1 is 1.61 bits per heavy atom. The summed E-state index contributed by atoms with van der Waals surface area (Å²) < 4.78 is 32.7. The van der Waals surface area contributed by atoms with Gasteiger partial charge in [-0.15, -0.1) is 0 Å². The monoisotopic (exact) mass is 275 g/mol. The van der Waals surface area contributed by atoms with E-state index in [0.29, 0.717) is 18.7 Å². The number of amides is 1. The van der Waals surface area contributed by atoms with E-state index >= 15 is 0 Å².